The number of ether oxygens (including phenoxy) is 1. The highest BCUT2D eigenvalue weighted by atomic mass is 16.5. The van der Waals surface area contributed by atoms with E-state index in [1.165, 1.54) is 5.56 Å². The molecule has 3 nitrogen and oxygen atoms in total. The fraction of sp³-hybridized carbons (Fsp3) is 0.538. The van der Waals surface area contributed by atoms with Crippen molar-refractivity contribution in [3.05, 3.63) is 29.3 Å². The average Bonchev–Trinajstić information content (AvgIpc) is 2.29. The Kier molecular flexibility index (Phi) is 5.29. The molecule has 0 bridgehead atoms. The molecular weight excluding hydrogens is 202 g/mol. The molecule has 1 unspecified atom stereocenters. The summed E-state index contributed by atoms with van der Waals surface area (Å²) in [6, 6.07) is 6.30. The molecule has 1 atom stereocenters. The maximum atomic E-state index is 9.00. The van der Waals surface area contributed by atoms with Crippen molar-refractivity contribution < 1.29 is 9.84 Å². The zero-order chi connectivity index (χ0) is 12.0. The van der Waals surface area contributed by atoms with Gasteiger partial charge in [-0.3, -0.25) is 0 Å². The van der Waals surface area contributed by atoms with Crippen molar-refractivity contribution >= 4 is 0 Å². The number of rotatable bonds is 6. The van der Waals surface area contributed by atoms with Crippen LogP contribution < -0.4 is 10.1 Å². The smallest absolute Gasteiger partial charge is 0.122 e. The van der Waals surface area contributed by atoms with Gasteiger partial charge in [0.25, 0.3) is 0 Å². The highest BCUT2D eigenvalue weighted by Gasteiger charge is 2.05. The van der Waals surface area contributed by atoms with Crippen LogP contribution in [0.4, 0.5) is 0 Å². The van der Waals surface area contributed by atoms with E-state index in [2.05, 4.69) is 24.4 Å². The van der Waals surface area contributed by atoms with Crippen LogP contribution in [-0.2, 0) is 0 Å². The Morgan fingerprint density at radius 1 is 1.38 bits per heavy atom. The van der Waals surface area contributed by atoms with Crippen molar-refractivity contribution in [2.24, 2.45) is 0 Å². The minimum Gasteiger partial charge on any atom is -0.493 e. The number of aliphatic hydroxyl groups is 1. The van der Waals surface area contributed by atoms with Gasteiger partial charge in [0, 0.05) is 6.04 Å². The largest absolute Gasteiger partial charge is 0.493 e. The van der Waals surface area contributed by atoms with Crippen LogP contribution in [0.15, 0.2) is 18.2 Å². The molecule has 0 saturated carbocycles. The van der Waals surface area contributed by atoms with Gasteiger partial charge in [-0.25, -0.2) is 0 Å². The molecule has 2 N–H and O–H groups in total. The van der Waals surface area contributed by atoms with Gasteiger partial charge in [0.1, 0.15) is 5.75 Å². The summed E-state index contributed by atoms with van der Waals surface area (Å²) in [6.07, 6.45) is 0.806. The van der Waals surface area contributed by atoms with E-state index in [1.54, 1.807) is 0 Å². The van der Waals surface area contributed by atoms with E-state index < -0.39 is 0 Å². The molecule has 3 heteroatoms. The maximum absolute atomic E-state index is 9.00. The summed E-state index contributed by atoms with van der Waals surface area (Å²) in [6.45, 7) is 4.86. The molecule has 0 aliphatic heterocycles. The van der Waals surface area contributed by atoms with Gasteiger partial charge in [0.05, 0.1) is 13.2 Å². The first-order valence-corrected chi connectivity index (χ1v) is 5.65. The zero-order valence-corrected chi connectivity index (χ0v) is 10.3. The average molecular weight is 223 g/mol. The Hall–Kier alpha value is -1.06. The standard InChI is InChI=1S/C13H21NO2/c1-10-4-5-11(2)13(8-10)16-7-6-12(9-15)14-3/h4-5,8,12,14-15H,6-7,9H2,1-3H3. The fourth-order valence-electron chi connectivity index (χ4n) is 1.50. The monoisotopic (exact) mass is 223 g/mol. The Labute approximate surface area is 97.4 Å². The molecule has 0 spiro atoms. The summed E-state index contributed by atoms with van der Waals surface area (Å²) in [4.78, 5) is 0. The number of aliphatic hydroxyl groups excluding tert-OH is 1. The highest BCUT2D eigenvalue weighted by Crippen LogP contribution is 2.19. The molecular formula is C13H21NO2. The van der Waals surface area contributed by atoms with Crippen LogP contribution in [0.1, 0.15) is 17.5 Å². The molecule has 1 rings (SSSR count). The number of likely N-dealkylation sites (N-methyl/N-ethyl adjacent to an activating group) is 1. The first kappa shape index (κ1) is 13.0. The Morgan fingerprint density at radius 2 is 2.12 bits per heavy atom. The predicted molar refractivity (Wildman–Crippen MR) is 66.0 cm³/mol. The Bertz CT molecular complexity index is 322. The van der Waals surface area contributed by atoms with Gasteiger partial charge in [-0.1, -0.05) is 12.1 Å². The summed E-state index contributed by atoms with van der Waals surface area (Å²) in [5, 5.41) is 12.0. The quantitative estimate of drug-likeness (QED) is 0.770. The van der Waals surface area contributed by atoms with Gasteiger partial charge >= 0.3 is 0 Å². The summed E-state index contributed by atoms with van der Waals surface area (Å²) in [7, 11) is 1.85. The number of benzene rings is 1. The third kappa shape index (κ3) is 3.83. The first-order valence-electron chi connectivity index (χ1n) is 5.65. The van der Waals surface area contributed by atoms with Crippen LogP contribution >= 0.6 is 0 Å². The van der Waals surface area contributed by atoms with E-state index in [0.717, 1.165) is 17.7 Å². The molecule has 1 aromatic carbocycles. The number of hydrogen-bond acceptors (Lipinski definition) is 3. The molecule has 0 aromatic heterocycles. The minimum absolute atomic E-state index is 0.116. The van der Waals surface area contributed by atoms with Crippen molar-refractivity contribution in [1.29, 1.82) is 0 Å². The lowest BCUT2D eigenvalue weighted by Crippen LogP contribution is -2.30. The molecule has 0 amide bonds. The zero-order valence-electron chi connectivity index (χ0n) is 10.3. The van der Waals surface area contributed by atoms with E-state index in [4.69, 9.17) is 9.84 Å². The van der Waals surface area contributed by atoms with Crippen LogP contribution in [0.5, 0.6) is 5.75 Å². The molecule has 90 valence electrons. The summed E-state index contributed by atoms with van der Waals surface area (Å²) < 4.78 is 5.70. The Morgan fingerprint density at radius 3 is 2.75 bits per heavy atom. The highest BCUT2D eigenvalue weighted by molar-refractivity contribution is 5.35. The topological polar surface area (TPSA) is 41.5 Å². The third-order valence-corrected chi connectivity index (χ3v) is 2.70. The van der Waals surface area contributed by atoms with Crippen molar-refractivity contribution in [3.8, 4) is 5.75 Å². The van der Waals surface area contributed by atoms with Crippen LogP contribution in [0.2, 0.25) is 0 Å². The second-order valence-electron chi connectivity index (χ2n) is 4.07. The van der Waals surface area contributed by atoms with Crippen molar-refractivity contribution in [2.75, 3.05) is 20.3 Å². The van der Waals surface area contributed by atoms with Gasteiger partial charge in [0.15, 0.2) is 0 Å². The normalized spacial score (nSPS) is 12.5. The molecule has 1 aromatic rings. The molecule has 0 radical (unpaired) electrons. The van der Waals surface area contributed by atoms with Crippen molar-refractivity contribution in [3.63, 3.8) is 0 Å². The molecule has 0 aliphatic rings. The predicted octanol–water partition coefficient (Wildman–Crippen LogP) is 1.65. The van der Waals surface area contributed by atoms with Crippen molar-refractivity contribution in [1.82, 2.24) is 5.32 Å². The van der Waals surface area contributed by atoms with E-state index in [0.29, 0.717) is 6.61 Å². The van der Waals surface area contributed by atoms with Crippen LogP contribution in [0.25, 0.3) is 0 Å². The molecule has 0 fully saturated rings. The Balaban J connectivity index is 2.45. The van der Waals surface area contributed by atoms with Crippen LogP contribution in [0.3, 0.4) is 0 Å². The summed E-state index contributed by atoms with van der Waals surface area (Å²) >= 11 is 0. The molecule has 0 heterocycles. The maximum Gasteiger partial charge on any atom is 0.122 e. The molecule has 0 saturated heterocycles. The van der Waals surface area contributed by atoms with E-state index >= 15 is 0 Å². The summed E-state index contributed by atoms with van der Waals surface area (Å²) in [5.41, 5.74) is 2.35. The SMILES string of the molecule is CNC(CO)CCOc1cc(C)ccc1C. The van der Waals surface area contributed by atoms with Gasteiger partial charge in [0.2, 0.25) is 0 Å². The van der Waals surface area contributed by atoms with Crippen molar-refractivity contribution in [2.45, 2.75) is 26.3 Å². The third-order valence-electron chi connectivity index (χ3n) is 2.70. The van der Waals surface area contributed by atoms with E-state index in [-0.39, 0.29) is 12.6 Å². The van der Waals surface area contributed by atoms with Crippen LogP contribution in [-0.4, -0.2) is 31.4 Å². The van der Waals surface area contributed by atoms with E-state index in [9.17, 15) is 0 Å². The van der Waals surface area contributed by atoms with Gasteiger partial charge in [-0.2, -0.15) is 0 Å². The molecule has 0 aliphatic carbocycles. The lowest BCUT2D eigenvalue weighted by atomic mass is 10.1. The number of hydrogen-bond donors (Lipinski definition) is 2. The first-order chi connectivity index (χ1) is 7.67. The van der Waals surface area contributed by atoms with Gasteiger partial charge < -0.3 is 15.2 Å². The van der Waals surface area contributed by atoms with Gasteiger partial charge in [-0.15, -0.1) is 0 Å². The minimum atomic E-state index is 0.116. The second-order valence-corrected chi connectivity index (χ2v) is 4.07. The second kappa shape index (κ2) is 6.51. The van der Waals surface area contributed by atoms with Gasteiger partial charge in [-0.05, 0) is 44.5 Å². The van der Waals surface area contributed by atoms with Crippen LogP contribution in [0, 0.1) is 13.8 Å². The lowest BCUT2D eigenvalue weighted by molar-refractivity contribution is 0.214. The number of nitrogens with one attached hydrogen (secondary N) is 1. The summed E-state index contributed by atoms with van der Waals surface area (Å²) in [5.74, 6) is 0.938. The lowest BCUT2D eigenvalue weighted by Gasteiger charge is -2.14. The number of aryl methyl sites for hydroxylation is 2. The van der Waals surface area contributed by atoms with E-state index in [1.807, 2.05) is 20.0 Å². The fourth-order valence-corrected chi connectivity index (χ4v) is 1.50. The molecule has 16 heavy (non-hydrogen) atoms.